The Kier molecular flexibility index (Phi) is 3.95. The number of benzene rings is 1. The number of hydrogen-bond acceptors (Lipinski definition) is 2. The zero-order chi connectivity index (χ0) is 14.7. The third kappa shape index (κ3) is 3.10. The predicted molar refractivity (Wildman–Crippen MR) is 86.2 cm³/mol. The minimum absolute atomic E-state index is 0.0255. The maximum Gasteiger partial charge on any atom is 0.253 e. The Labute approximate surface area is 124 Å². The van der Waals surface area contributed by atoms with Gasteiger partial charge >= 0.3 is 0 Å². The molecule has 21 heavy (non-hydrogen) atoms. The molecule has 4 N–H and O–H groups in total. The number of H-pyrrole nitrogens is 1. The molecule has 3 rings (SSSR count). The van der Waals surface area contributed by atoms with E-state index in [-0.39, 0.29) is 5.91 Å². The number of nitrogens with one attached hydrogen (secondary N) is 2. The Morgan fingerprint density at radius 1 is 1.33 bits per heavy atom. The zero-order valence-corrected chi connectivity index (χ0v) is 12.1. The van der Waals surface area contributed by atoms with Crippen molar-refractivity contribution in [2.24, 2.45) is 0 Å². The van der Waals surface area contributed by atoms with Gasteiger partial charge in [0.25, 0.3) is 5.91 Å². The fourth-order valence-corrected chi connectivity index (χ4v) is 2.90. The molecular weight excluding hydrogens is 262 g/mol. The summed E-state index contributed by atoms with van der Waals surface area (Å²) in [5.41, 5.74) is 9.50. The van der Waals surface area contributed by atoms with Crippen molar-refractivity contribution in [1.82, 2.24) is 10.3 Å². The lowest BCUT2D eigenvalue weighted by molar-refractivity contribution is 0.0955. The molecule has 1 aromatic carbocycles. The van der Waals surface area contributed by atoms with Gasteiger partial charge in [-0.2, -0.15) is 0 Å². The van der Waals surface area contributed by atoms with E-state index >= 15 is 0 Å². The number of aromatic amines is 1. The molecule has 0 spiro atoms. The van der Waals surface area contributed by atoms with E-state index in [1.165, 1.54) is 31.3 Å². The van der Waals surface area contributed by atoms with E-state index < -0.39 is 0 Å². The highest BCUT2D eigenvalue weighted by molar-refractivity contribution is 6.07. The Hall–Kier alpha value is -2.23. The molecule has 4 nitrogen and oxygen atoms in total. The first kappa shape index (κ1) is 13.7. The van der Waals surface area contributed by atoms with Crippen molar-refractivity contribution in [2.75, 3.05) is 12.3 Å². The number of nitrogen functional groups attached to an aromatic ring is 1. The molecule has 0 saturated carbocycles. The number of nitrogens with two attached hydrogens (primary N) is 1. The maximum atomic E-state index is 12.3. The molecule has 1 amide bonds. The summed E-state index contributed by atoms with van der Waals surface area (Å²) >= 11 is 0. The van der Waals surface area contributed by atoms with Gasteiger partial charge in [-0.1, -0.05) is 11.6 Å². The van der Waals surface area contributed by atoms with Gasteiger partial charge in [0.15, 0.2) is 0 Å². The molecular formula is C17H21N3O. The van der Waals surface area contributed by atoms with Crippen LogP contribution in [0.25, 0.3) is 10.9 Å². The molecule has 0 fully saturated rings. The van der Waals surface area contributed by atoms with E-state index in [9.17, 15) is 4.79 Å². The molecule has 2 aromatic rings. The van der Waals surface area contributed by atoms with E-state index in [0.29, 0.717) is 17.8 Å². The first-order valence-corrected chi connectivity index (χ1v) is 7.57. The standard InChI is InChI=1S/C17H21N3O/c18-13-6-7-14-15(11-20-16(14)10-13)17(21)19-9-8-12-4-2-1-3-5-12/h4,6-7,10-11,20H,1-3,5,8-9,18H2,(H,19,21). The summed E-state index contributed by atoms with van der Waals surface area (Å²) in [5.74, 6) is -0.0255. The minimum atomic E-state index is -0.0255. The molecule has 0 atom stereocenters. The van der Waals surface area contributed by atoms with Gasteiger partial charge in [0, 0.05) is 29.3 Å². The van der Waals surface area contributed by atoms with Crippen molar-refractivity contribution in [1.29, 1.82) is 0 Å². The second kappa shape index (κ2) is 6.04. The first-order chi connectivity index (χ1) is 10.2. The summed E-state index contributed by atoms with van der Waals surface area (Å²) in [6, 6.07) is 5.55. The molecule has 0 aliphatic heterocycles. The van der Waals surface area contributed by atoms with Crippen LogP contribution in [0.1, 0.15) is 42.5 Å². The van der Waals surface area contributed by atoms with Crippen LogP contribution in [0.3, 0.4) is 0 Å². The molecule has 1 aromatic heterocycles. The summed E-state index contributed by atoms with van der Waals surface area (Å²) in [4.78, 5) is 15.4. The summed E-state index contributed by atoms with van der Waals surface area (Å²) in [7, 11) is 0. The normalized spacial score (nSPS) is 15.0. The van der Waals surface area contributed by atoms with Crippen LogP contribution in [0.15, 0.2) is 36.0 Å². The van der Waals surface area contributed by atoms with E-state index in [4.69, 9.17) is 5.73 Å². The number of amides is 1. The lowest BCUT2D eigenvalue weighted by atomic mass is 9.97. The minimum Gasteiger partial charge on any atom is -0.399 e. The third-order valence-electron chi connectivity index (χ3n) is 4.07. The van der Waals surface area contributed by atoms with Gasteiger partial charge in [0.05, 0.1) is 5.56 Å². The number of hydrogen-bond donors (Lipinski definition) is 3. The molecule has 1 aliphatic rings. The summed E-state index contributed by atoms with van der Waals surface area (Å²) < 4.78 is 0. The first-order valence-electron chi connectivity index (χ1n) is 7.57. The molecule has 1 heterocycles. The summed E-state index contributed by atoms with van der Waals surface area (Å²) in [5, 5.41) is 3.92. The highest BCUT2D eigenvalue weighted by atomic mass is 16.1. The molecule has 1 aliphatic carbocycles. The number of anilines is 1. The second-order valence-electron chi connectivity index (χ2n) is 5.62. The number of carbonyl (C=O) groups is 1. The molecule has 0 radical (unpaired) electrons. The number of allylic oxidation sites excluding steroid dienone is 1. The fourth-order valence-electron chi connectivity index (χ4n) is 2.90. The van der Waals surface area contributed by atoms with Gasteiger partial charge < -0.3 is 16.0 Å². The van der Waals surface area contributed by atoms with Crippen molar-refractivity contribution in [2.45, 2.75) is 32.1 Å². The van der Waals surface area contributed by atoms with Crippen molar-refractivity contribution in [3.63, 3.8) is 0 Å². The van der Waals surface area contributed by atoms with Crippen LogP contribution in [-0.4, -0.2) is 17.4 Å². The van der Waals surface area contributed by atoms with Crippen LogP contribution in [0.2, 0.25) is 0 Å². The average molecular weight is 283 g/mol. The van der Waals surface area contributed by atoms with Crippen molar-refractivity contribution in [3.8, 4) is 0 Å². The van der Waals surface area contributed by atoms with Crippen LogP contribution >= 0.6 is 0 Å². The summed E-state index contributed by atoms with van der Waals surface area (Å²) in [6.45, 7) is 0.701. The monoisotopic (exact) mass is 283 g/mol. The zero-order valence-electron chi connectivity index (χ0n) is 12.1. The van der Waals surface area contributed by atoms with Crippen LogP contribution in [0.4, 0.5) is 5.69 Å². The molecule has 0 bridgehead atoms. The number of carbonyl (C=O) groups excluding carboxylic acids is 1. The van der Waals surface area contributed by atoms with Gasteiger partial charge in [-0.3, -0.25) is 4.79 Å². The van der Waals surface area contributed by atoms with E-state index in [2.05, 4.69) is 16.4 Å². The smallest absolute Gasteiger partial charge is 0.253 e. The third-order valence-corrected chi connectivity index (χ3v) is 4.07. The fraction of sp³-hybridized carbons (Fsp3) is 0.353. The van der Waals surface area contributed by atoms with Gasteiger partial charge in [-0.15, -0.1) is 0 Å². The van der Waals surface area contributed by atoms with Crippen molar-refractivity contribution >= 4 is 22.5 Å². The Morgan fingerprint density at radius 3 is 3.05 bits per heavy atom. The second-order valence-corrected chi connectivity index (χ2v) is 5.62. The Morgan fingerprint density at radius 2 is 2.24 bits per heavy atom. The number of fused-ring (bicyclic) bond motifs is 1. The Bertz CT molecular complexity index is 684. The molecule has 0 saturated heterocycles. The lowest BCUT2D eigenvalue weighted by Gasteiger charge is -2.12. The van der Waals surface area contributed by atoms with Crippen LogP contribution in [-0.2, 0) is 0 Å². The number of rotatable bonds is 4. The van der Waals surface area contributed by atoms with Gasteiger partial charge in [0.2, 0.25) is 0 Å². The topological polar surface area (TPSA) is 70.9 Å². The molecule has 4 heteroatoms. The maximum absolute atomic E-state index is 12.3. The van der Waals surface area contributed by atoms with Gasteiger partial charge in [-0.25, -0.2) is 0 Å². The molecule has 110 valence electrons. The summed E-state index contributed by atoms with van der Waals surface area (Å²) in [6.07, 6.45) is 9.98. The van der Waals surface area contributed by atoms with Crippen LogP contribution < -0.4 is 11.1 Å². The SMILES string of the molecule is Nc1ccc2c(C(=O)NCCC3=CCCCC3)c[nH]c2c1. The highest BCUT2D eigenvalue weighted by Gasteiger charge is 2.12. The van der Waals surface area contributed by atoms with Crippen LogP contribution in [0, 0.1) is 0 Å². The van der Waals surface area contributed by atoms with Gasteiger partial charge in [0.1, 0.15) is 0 Å². The van der Waals surface area contributed by atoms with Gasteiger partial charge in [-0.05, 0) is 50.3 Å². The van der Waals surface area contributed by atoms with Crippen molar-refractivity contribution in [3.05, 3.63) is 41.6 Å². The Balaban J connectivity index is 1.63. The van der Waals surface area contributed by atoms with E-state index in [1.54, 1.807) is 6.20 Å². The highest BCUT2D eigenvalue weighted by Crippen LogP contribution is 2.21. The van der Waals surface area contributed by atoms with Crippen LogP contribution in [0.5, 0.6) is 0 Å². The van der Waals surface area contributed by atoms with Crippen molar-refractivity contribution < 1.29 is 4.79 Å². The largest absolute Gasteiger partial charge is 0.399 e. The van der Waals surface area contributed by atoms with E-state index in [1.807, 2.05) is 18.2 Å². The lowest BCUT2D eigenvalue weighted by Crippen LogP contribution is -2.24. The quantitative estimate of drug-likeness (QED) is 0.594. The predicted octanol–water partition coefficient (Wildman–Crippen LogP) is 3.37. The average Bonchev–Trinajstić information content (AvgIpc) is 2.91. The van der Waals surface area contributed by atoms with E-state index in [0.717, 1.165) is 17.3 Å². The number of aromatic nitrogens is 1. The molecule has 0 unspecified atom stereocenters.